The van der Waals surface area contributed by atoms with E-state index in [1.807, 2.05) is 13.8 Å². The summed E-state index contributed by atoms with van der Waals surface area (Å²) in [4.78, 5) is -0.361. The Bertz CT molecular complexity index is 825. The highest BCUT2D eigenvalue weighted by molar-refractivity contribution is 7.89. The van der Waals surface area contributed by atoms with Gasteiger partial charge >= 0.3 is 6.18 Å². The van der Waals surface area contributed by atoms with Crippen LogP contribution >= 0.6 is 0 Å². The molecule has 0 bridgehead atoms. The normalized spacial score (nSPS) is 12.8. The lowest BCUT2D eigenvalue weighted by molar-refractivity contribution is -0.137. The highest BCUT2D eigenvalue weighted by Gasteiger charge is 2.32. The van der Waals surface area contributed by atoms with Crippen LogP contribution in [0.15, 0.2) is 29.2 Å². The number of hydrogen-bond donors (Lipinski definition) is 1. The minimum atomic E-state index is -4.58. The van der Waals surface area contributed by atoms with Crippen molar-refractivity contribution in [3.63, 3.8) is 0 Å². The fourth-order valence-corrected chi connectivity index (χ4v) is 3.81. The Labute approximate surface area is 144 Å². The van der Waals surface area contributed by atoms with Crippen LogP contribution in [0.3, 0.4) is 0 Å². The maximum Gasteiger partial charge on any atom is 0.416 e. The summed E-state index contributed by atoms with van der Waals surface area (Å²) >= 11 is 0. The van der Waals surface area contributed by atoms with Gasteiger partial charge in [0.25, 0.3) is 0 Å². The summed E-state index contributed by atoms with van der Waals surface area (Å²) in [7, 11) is -2.61. The molecule has 0 saturated carbocycles. The lowest BCUT2D eigenvalue weighted by Gasteiger charge is -2.18. The van der Waals surface area contributed by atoms with Gasteiger partial charge in [0.05, 0.1) is 16.2 Å². The second-order valence-corrected chi connectivity index (χ2v) is 7.91. The minimum absolute atomic E-state index is 0.197. The van der Waals surface area contributed by atoms with Crippen LogP contribution in [-0.2, 0) is 22.6 Å². The molecule has 1 N–H and O–H groups in total. The van der Waals surface area contributed by atoms with Crippen LogP contribution < -0.4 is 0 Å². The van der Waals surface area contributed by atoms with Gasteiger partial charge in [-0.15, -0.1) is 0 Å². The molecule has 0 spiro atoms. The molecule has 138 valence electrons. The summed E-state index contributed by atoms with van der Waals surface area (Å²) in [6.07, 6.45) is -3.41. The molecular formula is C16H20F3N3O2S. The van der Waals surface area contributed by atoms with Gasteiger partial charge in [0.1, 0.15) is 0 Å². The average Bonchev–Trinajstić information content (AvgIpc) is 2.86. The minimum Gasteiger partial charge on any atom is -0.282 e. The molecule has 1 heterocycles. The van der Waals surface area contributed by atoms with E-state index in [0.29, 0.717) is 18.9 Å². The zero-order valence-electron chi connectivity index (χ0n) is 14.2. The van der Waals surface area contributed by atoms with Gasteiger partial charge in [-0.1, -0.05) is 6.07 Å². The van der Waals surface area contributed by atoms with Gasteiger partial charge in [-0.3, -0.25) is 5.10 Å². The number of nitrogens with zero attached hydrogens (tertiary/aromatic N) is 2. The Hall–Kier alpha value is -1.87. The van der Waals surface area contributed by atoms with Gasteiger partial charge in [0.15, 0.2) is 0 Å². The van der Waals surface area contributed by atoms with Crippen LogP contribution in [0, 0.1) is 13.8 Å². The number of sulfonamides is 1. The second-order valence-electron chi connectivity index (χ2n) is 5.87. The Morgan fingerprint density at radius 3 is 2.48 bits per heavy atom. The molecule has 0 radical (unpaired) electrons. The molecule has 0 unspecified atom stereocenters. The van der Waals surface area contributed by atoms with Gasteiger partial charge in [-0.2, -0.15) is 18.3 Å². The van der Waals surface area contributed by atoms with E-state index in [-0.39, 0.29) is 11.4 Å². The van der Waals surface area contributed by atoms with E-state index in [2.05, 4.69) is 10.2 Å². The third kappa shape index (κ3) is 4.40. The van der Waals surface area contributed by atoms with Crippen LogP contribution in [-0.4, -0.2) is 36.5 Å². The quantitative estimate of drug-likeness (QED) is 0.842. The van der Waals surface area contributed by atoms with Gasteiger partial charge in [0, 0.05) is 19.3 Å². The SMILES string of the molecule is Cc1n[nH]c(C)c1CCCN(C)S(=O)(=O)c1cccc(C(F)(F)F)c1. The van der Waals surface area contributed by atoms with Crippen LogP contribution in [0.25, 0.3) is 0 Å². The third-order valence-electron chi connectivity index (χ3n) is 4.05. The first-order valence-electron chi connectivity index (χ1n) is 7.67. The van der Waals surface area contributed by atoms with Gasteiger partial charge in [0.2, 0.25) is 10.0 Å². The van der Waals surface area contributed by atoms with Gasteiger partial charge < -0.3 is 0 Å². The molecule has 2 rings (SSSR count). The maximum atomic E-state index is 12.8. The van der Waals surface area contributed by atoms with Crippen molar-refractivity contribution in [2.24, 2.45) is 0 Å². The number of H-pyrrole nitrogens is 1. The molecule has 5 nitrogen and oxygen atoms in total. The predicted octanol–water partition coefficient (Wildman–Crippen LogP) is 3.30. The van der Waals surface area contributed by atoms with E-state index in [4.69, 9.17) is 0 Å². The second kappa shape index (κ2) is 7.17. The number of aromatic amines is 1. The van der Waals surface area contributed by atoms with Crippen molar-refractivity contribution in [1.29, 1.82) is 0 Å². The fourth-order valence-electron chi connectivity index (χ4n) is 2.55. The Morgan fingerprint density at radius 2 is 1.92 bits per heavy atom. The van der Waals surface area contributed by atoms with E-state index in [1.165, 1.54) is 13.1 Å². The Kier molecular flexibility index (Phi) is 5.58. The third-order valence-corrected chi connectivity index (χ3v) is 5.90. The highest BCUT2D eigenvalue weighted by Crippen LogP contribution is 2.31. The number of benzene rings is 1. The number of aryl methyl sites for hydroxylation is 2. The number of alkyl halides is 3. The van der Waals surface area contributed by atoms with E-state index in [9.17, 15) is 21.6 Å². The summed E-state index contributed by atoms with van der Waals surface area (Å²) in [5, 5.41) is 6.94. The van der Waals surface area contributed by atoms with Crippen molar-refractivity contribution in [3.8, 4) is 0 Å². The molecule has 0 amide bonds. The zero-order chi connectivity index (χ0) is 18.8. The molecular weight excluding hydrogens is 355 g/mol. The number of rotatable bonds is 6. The standard InChI is InChI=1S/C16H20F3N3O2S/c1-11-15(12(2)21-20-11)8-5-9-22(3)25(23,24)14-7-4-6-13(10-14)16(17,18)19/h4,6-7,10H,5,8-9H2,1-3H3,(H,20,21). The molecule has 1 aromatic heterocycles. The smallest absolute Gasteiger partial charge is 0.282 e. The summed E-state index contributed by atoms with van der Waals surface area (Å²) < 4.78 is 64.4. The number of hydrogen-bond acceptors (Lipinski definition) is 3. The first-order valence-corrected chi connectivity index (χ1v) is 9.11. The molecule has 0 aliphatic heterocycles. The van der Waals surface area contributed by atoms with Crippen molar-refractivity contribution in [2.45, 2.75) is 37.8 Å². The molecule has 0 aliphatic carbocycles. The van der Waals surface area contributed by atoms with Crippen molar-refractivity contribution in [2.75, 3.05) is 13.6 Å². The first kappa shape index (κ1) is 19.5. The molecule has 25 heavy (non-hydrogen) atoms. The largest absolute Gasteiger partial charge is 0.416 e. The monoisotopic (exact) mass is 375 g/mol. The molecule has 0 atom stereocenters. The van der Waals surface area contributed by atoms with E-state index >= 15 is 0 Å². The van der Waals surface area contributed by atoms with E-state index < -0.39 is 21.8 Å². The lowest BCUT2D eigenvalue weighted by atomic mass is 10.1. The van der Waals surface area contributed by atoms with Crippen molar-refractivity contribution < 1.29 is 21.6 Å². The van der Waals surface area contributed by atoms with E-state index in [0.717, 1.165) is 33.4 Å². The average molecular weight is 375 g/mol. The van der Waals surface area contributed by atoms with Crippen LogP contribution in [0.5, 0.6) is 0 Å². The Balaban J connectivity index is 2.09. The molecule has 0 fully saturated rings. The number of aromatic nitrogens is 2. The topological polar surface area (TPSA) is 66.1 Å². The van der Waals surface area contributed by atoms with E-state index in [1.54, 1.807) is 0 Å². The number of nitrogens with one attached hydrogen (secondary N) is 1. The van der Waals surface area contributed by atoms with Crippen LogP contribution in [0.4, 0.5) is 13.2 Å². The highest BCUT2D eigenvalue weighted by atomic mass is 32.2. The summed E-state index contributed by atoms with van der Waals surface area (Å²) in [6.45, 7) is 3.95. The maximum absolute atomic E-state index is 12.8. The summed E-state index contributed by atoms with van der Waals surface area (Å²) in [5.74, 6) is 0. The van der Waals surface area contributed by atoms with Crippen molar-refractivity contribution >= 4 is 10.0 Å². The van der Waals surface area contributed by atoms with Crippen LogP contribution in [0.2, 0.25) is 0 Å². The molecule has 2 aromatic rings. The fraction of sp³-hybridized carbons (Fsp3) is 0.438. The van der Waals surface area contributed by atoms with Gasteiger partial charge in [-0.05, 0) is 50.5 Å². The van der Waals surface area contributed by atoms with Crippen molar-refractivity contribution in [1.82, 2.24) is 14.5 Å². The zero-order valence-corrected chi connectivity index (χ0v) is 15.0. The first-order chi connectivity index (χ1) is 11.5. The number of halogens is 3. The van der Waals surface area contributed by atoms with Gasteiger partial charge in [-0.25, -0.2) is 12.7 Å². The molecule has 0 aliphatic rings. The molecule has 0 saturated heterocycles. The summed E-state index contributed by atoms with van der Waals surface area (Å²) in [5.41, 5.74) is 1.85. The lowest BCUT2D eigenvalue weighted by Crippen LogP contribution is -2.28. The predicted molar refractivity (Wildman–Crippen MR) is 87.6 cm³/mol. The molecule has 1 aromatic carbocycles. The van der Waals surface area contributed by atoms with Crippen LogP contribution in [0.1, 0.15) is 28.9 Å². The Morgan fingerprint density at radius 1 is 1.24 bits per heavy atom. The van der Waals surface area contributed by atoms with Crippen molar-refractivity contribution in [3.05, 3.63) is 46.8 Å². The summed E-state index contributed by atoms with van der Waals surface area (Å²) in [6, 6.07) is 3.78. The molecule has 9 heteroatoms.